The Hall–Kier alpha value is -1.21. The van der Waals surface area contributed by atoms with Gasteiger partial charge in [0.15, 0.2) is 0 Å². The topological polar surface area (TPSA) is 93.5 Å². The van der Waals surface area contributed by atoms with Crippen molar-refractivity contribution in [3.8, 4) is 0 Å². The predicted molar refractivity (Wildman–Crippen MR) is 80.2 cm³/mol. The number of amides is 2. The molecule has 1 saturated heterocycles. The van der Waals surface area contributed by atoms with Crippen LogP contribution in [-0.4, -0.2) is 42.1 Å². The number of carbonyl (C=O) groups excluding carboxylic acids is 2. The average Bonchev–Trinajstić information content (AvgIpc) is 2.38. The number of nitrogens with one attached hydrogen (secondary N) is 2. The van der Waals surface area contributed by atoms with Crippen molar-refractivity contribution in [3.63, 3.8) is 0 Å². The predicted octanol–water partition coefficient (Wildman–Crippen LogP) is 0.0986. The zero-order valence-electron chi connectivity index (χ0n) is 12.2. The molecule has 20 heavy (non-hydrogen) atoms. The number of hydrogen-bond donors (Lipinski definition) is 3. The maximum absolute atomic E-state index is 12.4. The minimum atomic E-state index is -0.903. The lowest BCUT2D eigenvalue weighted by molar-refractivity contribution is -0.135. The lowest BCUT2D eigenvalue weighted by Crippen LogP contribution is -2.56. The van der Waals surface area contributed by atoms with Crippen LogP contribution in [0.2, 0.25) is 0 Å². The van der Waals surface area contributed by atoms with Crippen LogP contribution in [0, 0.1) is 5.41 Å². The Morgan fingerprint density at radius 2 is 1.75 bits per heavy atom. The highest BCUT2D eigenvalue weighted by atomic mass is 32.1. The normalized spacial score (nSPS) is 19.2. The number of rotatable bonds is 5. The molecule has 0 bridgehead atoms. The molecule has 0 aromatic heterocycles. The molecule has 1 aliphatic rings. The molecule has 2 amide bonds. The van der Waals surface area contributed by atoms with Gasteiger partial charge in [0, 0.05) is 19.3 Å². The van der Waals surface area contributed by atoms with Gasteiger partial charge in [0.1, 0.15) is 11.5 Å². The van der Waals surface area contributed by atoms with Gasteiger partial charge in [-0.25, -0.2) is 0 Å². The maximum Gasteiger partial charge on any atom is 0.242 e. The Morgan fingerprint density at radius 1 is 1.20 bits per heavy atom. The van der Waals surface area contributed by atoms with Crippen LogP contribution >= 0.6 is 12.2 Å². The molecule has 0 saturated carbocycles. The first kappa shape index (κ1) is 16.8. The molecule has 0 aromatic rings. The lowest BCUT2D eigenvalue weighted by atomic mass is 9.79. The van der Waals surface area contributed by atoms with Gasteiger partial charge < -0.3 is 21.1 Å². The number of carbonyl (C=O) groups is 2. The summed E-state index contributed by atoms with van der Waals surface area (Å²) >= 11 is 5.05. The first-order chi connectivity index (χ1) is 9.29. The summed E-state index contributed by atoms with van der Waals surface area (Å²) in [6.45, 7) is 6.25. The second-order valence-electron chi connectivity index (χ2n) is 5.42. The lowest BCUT2D eigenvalue weighted by Gasteiger charge is -2.35. The van der Waals surface area contributed by atoms with E-state index >= 15 is 0 Å². The summed E-state index contributed by atoms with van der Waals surface area (Å²) in [7, 11) is 0. The quantitative estimate of drug-likeness (QED) is 0.626. The number of thiocarbonyl (C=S) groups is 1. The third kappa shape index (κ3) is 3.89. The van der Waals surface area contributed by atoms with Gasteiger partial charge in [-0.15, -0.1) is 0 Å². The summed E-state index contributed by atoms with van der Waals surface area (Å²) in [6.07, 6.45) is 0.902. The SMILES string of the molecule is CC(C)NC(=O)C(C)NC(=O)C1(C(N)=S)CCOCC1. The molecule has 0 spiro atoms. The Balaban J connectivity index is 2.72. The number of ether oxygens (including phenoxy) is 1. The average molecular weight is 301 g/mol. The highest BCUT2D eigenvalue weighted by Gasteiger charge is 2.43. The fraction of sp³-hybridized carbons (Fsp3) is 0.769. The fourth-order valence-corrected chi connectivity index (χ4v) is 2.41. The number of hydrogen-bond acceptors (Lipinski definition) is 4. The summed E-state index contributed by atoms with van der Waals surface area (Å²) in [6, 6.07) is -0.603. The van der Waals surface area contributed by atoms with E-state index in [0.29, 0.717) is 26.1 Å². The van der Waals surface area contributed by atoms with E-state index in [1.165, 1.54) is 0 Å². The van der Waals surface area contributed by atoms with Crippen LogP contribution in [0.3, 0.4) is 0 Å². The summed E-state index contributed by atoms with van der Waals surface area (Å²) in [4.78, 5) is 24.4. The Labute approximate surface area is 124 Å². The van der Waals surface area contributed by atoms with Gasteiger partial charge >= 0.3 is 0 Å². The van der Waals surface area contributed by atoms with Gasteiger partial charge in [-0.3, -0.25) is 9.59 Å². The second kappa shape index (κ2) is 6.99. The molecule has 1 fully saturated rings. The van der Waals surface area contributed by atoms with E-state index in [4.69, 9.17) is 22.7 Å². The van der Waals surface area contributed by atoms with Crippen LogP contribution < -0.4 is 16.4 Å². The van der Waals surface area contributed by atoms with E-state index in [1.54, 1.807) is 6.92 Å². The van der Waals surface area contributed by atoms with Gasteiger partial charge in [-0.05, 0) is 33.6 Å². The molecular weight excluding hydrogens is 278 g/mol. The molecule has 0 aromatic carbocycles. The molecule has 1 aliphatic heterocycles. The van der Waals surface area contributed by atoms with Gasteiger partial charge in [-0.2, -0.15) is 0 Å². The third-order valence-corrected chi connectivity index (χ3v) is 3.82. The largest absolute Gasteiger partial charge is 0.392 e. The Morgan fingerprint density at radius 3 is 2.20 bits per heavy atom. The highest BCUT2D eigenvalue weighted by molar-refractivity contribution is 7.80. The molecule has 7 heteroatoms. The van der Waals surface area contributed by atoms with E-state index < -0.39 is 11.5 Å². The highest BCUT2D eigenvalue weighted by Crippen LogP contribution is 2.31. The van der Waals surface area contributed by atoms with Crippen molar-refractivity contribution in [1.29, 1.82) is 0 Å². The number of nitrogens with two attached hydrogens (primary N) is 1. The molecule has 114 valence electrons. The van der Waals surface area contributed by atoms with Crippen molar-refractivity contribution >= 4 is 29.0 Å². The van der Waals surface area contributed by atoms with Crippen LogP contribution in [0.4, 0.5) is 0 Å². The van der Waals surface area contributed by atoms with Crippen molar-refractivity contribution in [3.05, 3.63) is 0 Å². The van der Waals surface area contributed by atoms with E-state index in [9.17, 15) is 9.59 Å². The van der Waals surface area contributed by atoms with Gasteiger partial charge in [0.25, 0.3) is 0 Å². The summed E-state index contributed by atoms with van der Waals surface area (Å²) in [5.74, 6) is -0.516. The van der Waals surface area contributed by atoms with Gasteiger partial charge in [0.2, 0.25) is 11.8 Å². The van der Waals surface area contributed by atoms with E-state index in [2.05, 4.69) is 10.6 Å². The fourth-order valence-electron chi connectivity index (χ4n) is 2.12. The molecule has 6 nitrogen and oxygen atoms in total. The molecule has 1 unspecified atom stereocenters. The Kier molecular flexibility index (Phi) is 5.88. The minimum Gasteiger partial charge on any atom is -0.392 e. The second-order valence-corrected chi connectivity index (χ2v) is 5.86. The van der Waals surface area contributed by atoms with Crippen LogP contribution in [0.25, 0.3) is 0 Å². The summed E-state index contributed by atoms with van der Waals surface area (Å²) in [5, 5.41) is 5.45. The first-order valence-electron chi connectivity index (χ1n) is 6.78. The van der Waals surface area contributed by atoms with Crippen molar-refractivity contribution < 1.29 is 14.3 Å². The van der Waals surface area contributed by atoms with E-state index in [0.717, 1.165) is 0 Å². The van der Waals surface area contributed by atoms with Crippen molar-refractivity contribution in [2.45, 2.75) is 45.7 Å². The van der Waals surface area contributed by atoms with Crippen LogP contribution in [0.1, 0.15) is 33.6 Å². The van der Waals surface area contributed by atoms with Crippen molar-refractivity contribution in [1.82, 2.24) is 10.6 Å². The van der Waals surface area contributed by atoms with Crippen molar-refractivity contribution in [2.24, 2.45) is 11.1 Å². The summed E-state index contributed by atoms with van der Waals surface area (Å²) < 4.78 is 5.26. The molecule has 1 atom stereocenters. The Bertz CT molecular complexity index is 392. The van der Waals surface area contributed by atoms with Crippen LogP contribution in [0.15, 0.2) is 0 Å². The maximum atomic E-state index is 12.4. The zero-order valence-corrected chi connectivity index (χ0v) is 13.0. The van der Waals surface area contributed by atoms with Crippen LogP contribution in [0.5, 0.6) is 0 Å². The molecule has 4 N–H and O–H groups in total. The van der Waals surface area contributed by atoms with Gasteiger partial charge in [0.05, 0.1) is 4.99 Å². The molecule has 0 radical (unpaired) electrons. The van der Waals surface area contributed by atoms with Gasteiger partial charge in [-0.1, -0.05) is 12.2 Å². The molecule has 1 heterocycles. The zero-order chi connectivity index (χ0) is 15.3. The van der Waals surface area contributed by atoms with Crippen LogP contribution in [-0.2, 0) is 14.3 Å². The molecular formula is C13H23N3O3S. The third-order valence-electron chi connectivity index (χ3n) is 3.42. The standard InChI is InChI=1S/C13H23N3O3S/c1-8(2)15-10(17)9(3)16-12(18)13(11(14)20)4-6-19-7-5-13/h8-9H,4-7H2,1-3H3,(H2,14,20)(H,15,17)(H,16,18). The van der Waals surface area contributed by atoms with E-state index in [1.807, 2.05) is 13.8 Å². The monoisotopic (exact) mass is 301 g/mol. The first-order valence-corrected chi connectivity index (χ1v) is 7.19. The minimum absolute atomic E-state index is 0.0227. The van der Waals surface area contributed by atoms with Crippen molar-refractivity contribution in [2.75, 3.05) is 13.2 Å². The van der Waals surface area contributed by atoms with E-state index in [-0.39, 0.29) is 22.8 Å². The smallest absolute Gasteiger partial charge is 0.242 e. The molecule has 0 aliphatic carbocycles. The summed E-state index contributed by atoms with van der Waals surface area (Å²) in [5.41, 5.74) is 4.85. The molecule has 1 rings (SSSR count).